The minimum Gasteiger partial charge on any atom is -0.353 e. The lowest BCUT2D eigenvalue weighted by Crippen LogP contribution is -2.32. The number of aromatic nitrogens is 2. The number of anilines is 1. The van der Waals surface area contributed by atoms with E-state index < -0.39 is 0 Å². The monoisotopic (exact) mass is 240 g/mol. The van der Waals surface area contributed by atoms with Crippen molar-refractivity contribution in [2.75, 3.05) is 24.5 Å². The Balaban J connectivity index is 2.92. The molecule has 0 aliphatic rings. The Morgan fingerprint density at radius 1 is 1.29 bits per heavy atom. The maximum absolute atomic E-state index is 14.1. The molecule has 17 heavy (non-hydrogen) atoms. The first-order valence-electron chi connectivity index (χ1n) is 6.18. The predicted molar refractivity (Wildman–Crippen MR) is 67.5 cm³/mol. The molecule has 4 nitrogen and oxygen atoms in total. The van der Waals surface area contributed by atoms with Crippen LogP contribution in [-0.2, 0) is 6.42 Å². The van der Waals surface area contributed by atoms with Gasteiger partial charge in [-0.1, -0.05) is 20.3 Å². The Morgan fingerprint density at radius 2 is 2.06 bits per heavy atom. The van der Waals surface area contributed by atoms with Crippen molar-refractivity contribution in [2.45, 2.75) is 33.1 Å². The van der Waals surface area contributed by atoms with Gasteiger partial charge in [-0.15, -0.1) is 0 Å². The molecule has 0 atom stereocenters. The average molecular weight is 240 g/mol. The molecule has 0 amide bonds. The molecule has 0 aliphatic heterocycles. The largest absolute Gasteiger partial charge is 0.353 e. The second-order valence-electron chi connectivity index (χ2n) is 3.94. The quantitative estimate of drug-likeness (QED) is 0.788. The highest BCUT2D eigenvalue weighted by molar-refractivity contribution is 5.40. The molecule has 1 rings (SSSR count). The molecular weight excluding hydrogens is 219 g/mol. The van der Waals surface area contributed by atoms with E-state index in [2.05, 4.69) is 16.9 Å². The smallest absolute Gasteiger partial charge is 0.187 e. The first kappa shape index (κ1) is 13.8. The molecule has 0 saturated carbocycles. The van der Waals surface area contributed by atoms with Crippen LogP contribution in [0.3, 0.4) is 0 Å². The van der Waals surface area contributed by atoms with Crippen molar-refractivity contribution in [3.63, 3.8) is 0 Å². The summed E-state index contributed by atoms with van der Waals surface area (Å²) in [6.07, 6.45) is 4.07. The van der Waals surface area contributed by atoms with Gasteiger partial charge in [-0.05, 0) is 12.8 Å². The summed E-state index contributed by atoms with van der Waals surface area (Å²) in [4.78, 5) is 9.88. The summed E-state index contributed by atoms with van der Waals surface area (Å²) < 4.78 is 14.1. The summed E-state index contributed by atoms with van der Waals surface area (Å²) >= 11 is 0. The fourth-order valence-corrected chi connectivity index (χ4v) is 1.69. The molecule has 0 aliphatic carbocycles. The van der Waals surface area contributed by atoms with E-state index >= 15 is 0 Å². The Morgan fingerprint density at radius 3 is 2.65 bits per heavy atom. The third-order valence-corrected chi connectivity index (χ3v) is 2.66. The van der Waals surface area contributed by atoms with Gasteiger partial charge in [-0.3, -0.25) is 0 Å². The van der Waals surface area contributed by atoms with E-state index in [1.54, 1.807) is 0 Å². The van der Waals surface area contributed by atoms with E-state index in [-0.39, 0.29) is 5.82 Å². The van der Waals surface area contributed by atoms with Crippen LogP contribution in [0.5, 0.6) is 0 Å². The van der Waals surface area contributed by atoms with Crippen molar-refractivity contribution in [3.05, 3.63) is 17.8 Å². The zero-order chi connectivity index (χ0) is 12.7. The standard InChI is InChI=1S/C12H21FN4/c1-3-5-7-17(8-6-14)12-11(13)10(4-2)15-9-16-12/h9H,3-8,14H2,1-2H3. The number of halogens is 1. The molecule has 0 saturated heterocycles. The molecule has 2 N–H and O–H groups in total. The summed E-state index contributed by atoms with van der Waals surface area (Å²) in [7, 11) is 0. The molecule has 1 heterocycles. The van der Waals surface area contributed by atoms with Gasteiger partial charge < -0.3 is 10.6 Å². The van der Waals surface area contributed by atoms with Gasteiger partial charge in [-0.2, -0.15) is 0 Å². The molecule has 96 valence electrons. The van der Waals surface area contributed by atoms with Gasteiger partial charge in [0.2, 0.25) is 0 Å². The zero-order valence-electron chi connectivity index (χ0n) is 10.6. The third-order valence-electron chi connectivity index (χ3n) is 2.66. The topological polar surface area (TPSA) is 55.0 Å². The van der Waals surface area contributed by atoms with Crippen molar-refractivity contribution in [1.29, 1.82) is 0 Å². The number of nitrogens with two attached hydrogens (primary N) is 1. The highest BCUT2D eigenvalue weighted by Crippen LogP contribution is 2.18. The van der Waals surface area contributed by atoms with E-state index in [1.807, 2.05) is 11.8 Å². The van der Waals surface area contributed by atoms with Gasteiger partial charge in [0.25, 0.3) is 0 Å². The van der Waals surface area contributed by atoms with Crippen LogP contribution < -0.4 is 10.6 Å². The maximum Gasteiger partial charge on any atom is 0.187 e. The Kier molecular flexibility index (Phi) is 5.83. The number of rotatable bonds is 7. The summed E-state index contributed by atoms with van der Waals surface area (Å²) in [6.45, 7) is 5.89. The molecule has 0 radical (unpaired) electrons. The van der Waals surface area contributed by atoms with Gasteiger partial charge in [-0.25, -0.2) is 14.4 Å². The summed E-state index contributed by atoms with van der Waals surface area (Å²) in [5.41, 5.74) is 6.02. The van der Waals surface area contributed by atoms with Gasteiger partial charge in [0.05, 0.1) is 5.69 Å². The fraction of sp³-hybridized carbons (Fsp3) is 0.667. The van der Waals surface area contributed by atoms with Gasteiger partial charge in [0.1, 0.15) is 6.33 Å². The predicted octanol–water partition coefficient (Wildman–Crippen LogP) is 1.74. The number of aryl methyl sites for hydroxylation is 1. The molecule has 5 heteroatoms. The van der Waals surface area contributed by atoms with E-state index in [1.165, 1.54) is 6.33 Å². The Bertz CT molecular complexity index is 343. The van der Waals surface area contributed by atoms with Crippen LogP contribution in [0.4, 0.5) is 10.2 Å². The zero-order valence-corrected chi connectivity index (χ0v) is 10.6. The number of hydrogen-bond donors (Lipinski definition) is 1. The van der Waals surface area contributed by atoms with Crippen LogP contribution in [0.15, 0.2) is 6.33 Å². The normalized spacial score (nSPS) is 10.6. The van der Waals surface area contributed by atoms with E-state index in [0.717, 1.165) is 19.4 Å². The third kappa shape index (κ3) is 3.63. The van der Waals surface area contributed by atoms with Crippen molar-refractivity contribution in [1.82, 2.24) is 9.97 Å². The van der Waals surface area contributed by atoms with Gasteiger partial charge in [0.15, 0.2) is 11.6 Å². The Hall–Kier alpha value is -1.23. The van der Waals surface area contributed by atoms with Crippen LogP contribution in [0.25, 0.3) is 0 Å². The SMILES string of the molecule is CCCCN(CCN)c1ncnc(CC)c1F. The second-order valence-corrected chi connectivity index (χ2v) is 3.94. The van der Waals surface area contributed by atoms with Crippen molar-refractivity contribution in [2.24, 2.45) is 5.73 Å². The average Bonchev–Trinajstić information content (AvgIpc) is 2.35. The number of hydrogen-bond acceptors (Lipinski definition) is 4. The van der Waals surface area contributed by atoms with Crippen molar-refractivity contribution >= 4 is 5.82 Å². The van der Waals surface area contributed by atoms with Crippen LogP contribution in [-0.4, -0.2) is 29.6 Å². The van der Waals surface area contributed by atoms with Crippen LogP contribution in [0.2, 0.25) is 0 Å². The van der Waals surface area contributed by atoms with Crippen LogP contribution >= 0.6 is 0 Å². The first-order chi connectivity index (χ1) is 8.24. The lowest BCUT2D eigenvalue weighted by atomic mass is 10.2. The molecule has 0 bridgehead atoms. The van der Waals surface area contributed by atoms with Gasteiger partial charge in [0, 0.05) is 19.6 Å². The molecule has 0 aromatic carbocycles. The lowest BCUT2D eigenvalue weighted by Gasteiger charge is -2.23. The van der Waals surface area contributed by atoms with E-state index in [0.29, 0.717) is 31.0 Å². The lowest BCUT2D eigenvalue weighted by molar-refractivity contribution is 0.578. The highest BCUT2D eigenvalue weighted by atomic mass is 19.1. The minimum absolute atomic E-state index is 0.306. The van der Waals surface area contributed by atoms with Crippen LogP contribution in [0.1, 0.15) is 32.4 Å². The molecular formula is C12H21FN4. The van der Waals surface area contributed by atoms with E-state index in [4.69, 9.17) is 5.73 Å². The highest BCUT2D eigenvalue weighted by Gasteiger charge is 2.15. The van der Waals surface area contributed by atoms with E-state index in [9.17, 15) is 4.39 Å². The number of nitrogens with zero attached hydrogens (tertiary/aromatic N) is 3. The maximum atomic E-state index is 14.1. The van der Waals surface area contributed by atoms with Crippen molar-refractivity contribution in [3.8, 4) is 0 Å². The Labute approximate surface area is 102 Å². The van der Waals surface area contributed by atoms with Gasteiger partial charge >= 0.3 is 0 Å². The molecule has 0 unspecified atom stereocenters. The van der Waals surface area contributed by atoms with Crippen molar-refractivity contribution < 1.29 is 4.39 Å². The molecule has 0 fully saturated rings. The number of unbranched alkanes of at least 4 members (excludes halogenated alkanes) is 1. The molecule has 1 aromatic rings. The summed E-state index contributed by atoms with van der Waals surface area (Å²) in [5.74, 6) is 0.0790. The summed E-state index contributed by atoms with van der Waals surface area (Å²) in [6, 6.07) is 0. The van der Waals surface area contributed by atoms with Crippen LogP contribution in [0, 0.1) is 5.82 Å². The molecule has 0 spiro atoms. The second kappa shape index (κ2) is 7.17. The summed E-state index contributed by atoms with van der Waals surface area (Å²) in [5, 5.41) is 0. The fourth-order valence-electron chi connectivity index (χ4n) is 1.69. The minimum atomic E-state index is -0.306. The first-order valence-corrected chi connectivity index (χ1v) is 6.18. The molecule has 1 aromatic heterocycles.